The number of nitrogens with zero attached hydrogens (tertiary/aromatic N) is 1. The maximum absolute atomic E-state index is 12.1. The third-order valence-electron chi connectivity index (χ3n) is 4.03. The van der Waals surface area contributed by atoms with E-state index < -0.39 is 11.9 Å². The van der Waals surface area contributed by atoms with Crippen LogP contribution < -0.4 is 10.2 Å². The zero-order chi connectivity index (χ0) is 20.8. The maximum Gasteiger partial charge on any atom is 0.338 e. The molecule has 8 heteroatoms. The van der Waals surface area contributed by atoms with Crippen LogP contribution in [0.5, 0.6) is 11.5 Å². The molecule has 3 rings (SSSR count). The highest BCUT2D eigenvalue weighted by atomic mass is 16.5. The molecule has 2 N–H and O–H groups in total. The van der Waals surface area contributed by atoms with Crippen molar-refractivity contribution in [1.29, 1.82) is 0 Å². The molecular weight excluding hydrogens is 376 g/mol. The van der Waals surface area contributed by atoms with E-state index in [1.807, 2.05) is 0 Å². The Labute approximate surface area is 166 Å². The SMILES string of the molecule is COC(=O)c1ccccc1-c1ccc(/C=N\NC(=O)c2ccc(OC)cc2O)o1. The Kier molecular flexibility index (Phi) is 5.94. The van der Waals surface area contributed by atoms with Crippen LogP contribution in [-0.4, -0.2) is 37.4 Å². The fourth-order valence-electron chi connectivity index (χ4n) is 2.60. The summed E-state index contributed by atoms with van der Waals surface area (Å²) in [5.41, 5.74) is 3.31. The van der Waals surface area contributed by atoms with Crippen molar-refractivity contribution in [3.63, 3.8) is 0 Å². The minimum atomic E-state index is -0.593. The minimum absolute atomic E-state index is 0.0510. The van der Waals surface area contributed by atoms with Gasteiger partial charge in [-0.05, 0) is 30.3 Å². The first-order valence-corrected chi connectivity index (χ1v) is 8.51. The fraction of sp³-hybridized carbons (Fsp3) is 0.0952. The predicted octanol–water partition coefficient (Wildman–Crippen LogP) is 3.21. The Bertz CT molecular complexity index is 1070. The van der Waals surface area contributed by atoms with Gasteiger partial charge in [0.05, 0.1) is 31.6 Å². The average molecular weight is 394 g/mol. The lowest BCUT2D eigenvalue weighted by molar-refractivity contribution is 0.0601. The van der Waals surface area contributed by atoms with Crippen molar-refractivity contribution < 1.29 is 28.6 Å². The number of esters is 1. The normalized spacial score (nSPS) is 10.7. The van der Waals surface area contributed by atoms with Crippen molar-refractivity contribution in [2.24, 2.45) is 5.10 Å². The molecule has 1 aromatic heterocycles. The molecule has 148 valence electrons. The molecule has 3 aromatic rings. The van der Waals surface area contributed by atoms with Gasteiger partial charge in [0, 0.05) is 11.6 Å². The van der Waals surface area contributed by atoms with Gasteiger partial charge in [0.15, 0.2) is 0 Å². The minimum Gasteiger partial charge on any atom is -0.507 e. The molecule has 0 aliphatic rings. The van der Waals surface area contributed by atoms with Crippen LogP contribution in [0.2, 0.25) is 0 Å². The van der Waals surface area contributed by atoms with Crippen LogP contribution in [0.15, 0.2) is 64.1 Å². The summed E-state index contributed by atoms with van der Waals surface area (Å²) in [6.07, 6.45) is 1.31. The lowest BCUT2D eigenvalue weighted by Crippen LogP contribution is -2.17. The summed E-state index contributed by atoms with van der Waals surface area (Å²) >= 11 is 0. The molecule has 1 amide bonds. The van der Waals surface area contributed by atoms with Gasteiger partial charge < -0.3 is 19.0 Å². The first-order chi connectivity index (χ1) is 14.0. The molecule has 2 aromatic carbocycles. The number of amides is 1. The quantitative estimate of drug-likeness (QED) is 0.377. The Morgan fingerprint density at radius 2 is 1.86 bits per heavy atom. The number of aromatic hydroxyl groups is 1. The number of furan rings is 1. The molecule has 0 bridgehead atoms. The number of ether oxygens (including phenoxy) is 2. The van der Waals surface area contributed by atoms with Crippen molar-refractivity contribution in [3.05, 3.63) is 71.5 Å². The number of phenolic OH excluding ortho intramolecular Hbond substituents is 1. The molecule has 8 nitrogen and oxygen atoms in total. The highest BCUT2D eigenvalue weighted by Gasteiger charge is 2.15. The standard InChI is InChI=1S/C21H18N2O6/c1-27-13-7-9-17(18(24)11-13)20(25)23-22-12-14-8-10-19(29-14)15-5-3-4-6-16(15)21(26)28-2/h3-12,24H,1-2H3,(H,23,25)/b22-12-. The number of hydrogen-bond acceptors (Lipinski definition) is 7. The summed E-state index contributed by atoms with van der Waals surface area (Å²) in [5, 5.41) is 13.7. The number of carbonyl (C=O) groups excluding carboxylic acids is 2. The second kappa shape index (κ2) is 8.75. The molecule has 0 radical (unpaired) electrons. The first-order valence-electron chi connectivity index (χ1n) is 8.51. The Balaban J connectivity index is 1.72. The zero-order valence-corrected chi connectivity index (χ0v) is 15.7. The number of hydrazone groups is 1. The van der Waals surface area contributed by atoms with Gasteiger partial charge in [-0.25, -0.2) is 10.2 Å². The molecule has 0 unspecified atom stereocenters. The number of phenols is 1. The molecule has 29 heavy (non-hydrogen) atoms. The number of rotatable bonds is 6. The zero-order valence-electron chi connectivity index (χ0n) is 15.7. The average Bonchev–Trinajstić information content (AvgIpc) is 3.21. The van der Waals surface area contributed by atoms with Crippen LogP contribution >= 0.6 is 0 Å². The van der Waals surface area contributed by atoms with Crippen LogP contribution in [0.3, 0.4) is 0 Å². The second-order valence-corrected chi connectivity index (χ2v) is 5.82. The van der Waals surface area contributed by atoms with Gasteiger partial charge in [-0.1, -0.05) is 18.2 Å². The maximum atomic E-state index is 12.1. The van der Waals surface area contributed by atoms with Crippen molar-refractivity contribution in [2.45, 2.75) is 0 Å². The molecule has 0 saturated heterocycles. The summed E-state index contributed by atoms with van der Waals surface area (Å²) in [7, 11) is 2.77. The molecule has 0 aliphatic heterocycles. The Hall–Kier alpha value is -4.07. The molecule has 0 saturated carbocycles. The summed E-state index contributed by atoms with van der Waals surface area (Å²) in [6.45, 7) is 0. The lowest BCUT2D eigenvalue weighted by atomic mass is 10.1. The monoisotopic (exact) mass is 394 g/mol. The smallest absolute Gasteiger partial charge is 0.338 e. The third kappa shape index (κ3) is 4.44. The van der Waals surface area contributed by atoms with Crippen LogP contribution in [0.25, 0.3) is 11.3 Å². The molecule has 0 atom stereocenters. The van der Waals surface area contributed by atoms with Crippen molar-refractivity contribution in [3.8, 4) is 22.8 Å². The lowest BCUT2D eigenvalue weighted by Gasteiger charge is -2.05. The van der Waals surface area contributed by atoms with Gasteiger partial charge in [-0.15, -0.1) is 0 Å². The van der Waals surface area contributed by atoms with E-state index >= 15 is 0 Å². The number of carbonyl (C=O) groups is 2. The molecular formula is C21H18N2O6. The van der Waals surface area contributed by atoms with Crippen LogP contribution in [0.1, 0.15) is 26.5 Å². The van der Waals surface area contributed by atoms with E-state index in [1.54, 1.807) is 42.5 Å². The predicted molar refractivity (Wildman–Crippen MR) is 105 cm³/mol. The van der Waals surface area contributed by atoms with E-state index in [2.05, 4.69) is 10.5 Å². The van der Waals surface area contributed by atoms with Gasteiger partial charge in [-0.3, -0.25) is 4.79 Å². The van der Waals surface area contributed by atoms with E-state index in [1.165, 1.54) is 32.6 Å². The van der Waals surface area contributed by atoms with Crippen LogP contribution in [0, 0.1) is 0 Å². The van der Waals surface area contributed by atoms with Gasteiger partial charge in [-0.2, -0.15) is 5.10 Å². The van der Waals surface area contributed by atoms with E-state index in [0.717, 1.165) is 0 Å². The van der Waals surface area contributed by atoms with Crippen molar-refractivity contribution >= 4 is 18.1 Å². The van der Waals surface area contributed by atoms with Gasteiger partial charge in [0.1, 0.15) is 23.0 Å². The number of methoxy groups -OCH3 is 2. The number of hydrogen-bond donors (Lipinski definition) is 2. The van der Waals surface area contributed by atoms with E-state index in [4.69, 9.17) is 13.9 Å². The molecule has 0 fully saturated rings. The van der Waals surface area contributed by atoms with Crippen molar-refractivity contribution in [2.75, 3.05) is 14.2 Å². The number of benzene rings is 2. The van der Waals surface area contributed by atoms with Gasteiger partial charge >= 0.3 is 5.97 Å². The van der Waals surface area contributed by atoms with E-state index in [0.29, 0.717) is 28.4 Å². The van der Waals surface area contributed by atoms with Crippen LogP contribution in [-0.2, 0) is 4.74 Å². The van der Waals surface area contributed by atoms with E-state index in [-0.39, 0.29) is 11.3 Å². The fourth-order valence-corrected chi connectivity index (χ4v) is 2.60. The Morgan fingerprint density at radius 3 is 2.59 bits per heavy atom. The third-order valence-corrected chi connectivity index (χ3v) is 4.03. The summed E-state index contributed by atoms with van der Waals surface area (Å²) < 4.78 is 15.4. The summed E-state index contributed by atoms with van der Waals surface area (Å²) in [6, 6.07) is 14.5. The molecule has 1 heterocycles. The highest BCUT2D eigenvalue weighted by molar-refractivity contribution is 5.98. The van der Waals surface area contributed by atoms with Gasteiger partial charge in [0.25, 0.3) is 5.91 Å². The Morgan fingerprint density at radius 1 is 1.07 bits per heavy atom. The highest BCUT2D eigenvalue weighted by Crippen LogP contribution is 2.26. The van der Waals surface area contributed by atoms with Crippen molar-refractivity contribution in [1.82, 2.24) is 5.43 Å². The number of nitrogens with one attached hydrogen (secondary N) is 1. The largest absolute Gasteiger partial charge is 0.507 e. The summed E-state index contributed by atoms with van der Waals surface area (Å²) in [5.74, 6) is -0.0526. The second-order valence-electron chi connectivity index (χ2n) is 5.82. The molecule has 0 aliphatic carbocycles. The van der Waals surface area contributed by atoms with E-state index in [9.17, 15) is 14.7 Å². The van der Waals surface area contributed by atoms with Crippen LogP contribution in [0.4, 0.5) is 0 Å². The van der Waals surface area contributed by atoms with Gasteiger partial charge in [0.2, 0.25) is 0 Å². The summed E-state index contributed by atoms with van der Waals surface area (Å²) in [4.78, 5) is 24.0. The molecule has 0 spiro atoms. The topological polar surface area (TPSA) is 110 Å². The first kappa shape index (κ1) is 19.7.